The summed E-state index contributed by atoms with van der Waals surface area (Å²) in [4.78, 5) is 2.52. The Morgan fingerprint density at radius 3 is 2.26 bits per heavy atom. The molecule has 0 aliphatic heterocycles. The van der Waals surface area contributed by atoms with Gasteiger partial charge in [-0.1, -0.05) is 57.0 Å². The molecule has 106 valence electrons. The third-order valence-electron chi connectivity index (χ3n) is 5.53. The van der Waals surface area contributed by atoms with E-state index in [0.717, 1.165) is 0 Å². The topological polar surface area (TPSA) is 3.24 Å². The minimum Gasteiger partial charge on any atom is -0.303 e. The summed E-state index contributed by atoms with van der Waals surface area (Å²) in [7, 11) is 4.56. The van der Waals surface area contributed by atoms with Crippen molar-refractivity contribution in [2.75, 3.05) is 14.1 Å². The van der Waals surface area contributed by atoms with Gasteiger partial charge < -0.3 is 4.90 Å². The molecule has 1 saturated carbocycles. The minimum atomic E-state index is 0.338. The first-order chi connectivity index (χ1) is 9.13. The Labute approximate surface area is 119 Å². The molecule has 0 saturated heterocycles. The quantitative estimate of drug-likeness (QED) is 0.746. The molecule has 1 aliphatic carbocycles. The van der Waals surface area contributed by atoms with Crippen molar-refractivity contribution < 1.29 is 0 Å². The fraction of sp³-hybridized carbons (Fsp3) is 0.667. The number of rotatable bonds is 5. The van der Waals surface area contributed by atoms with Crippen molar-refractivity contribution in [3.63, 3.8) is 0 Å². The van der Waals surface area contributed by atoms with Gasteiger partial charge >= 0.3 is 0 Å². The van der Waals surface area contributed by atoms with E-state index in [1.807, 2.05) is 0 Å². The zero-order valence-corrected chi connectivity index (χ0v) is 13.1. The summed E-state index contributed by atoms with van der Waals surface area (Å²) in [6, 6.07) is 11.3. The van der Waals surface area contributed by atoms with Crippen LogP contribution < -0.4 is 0 Å². The van der Waals surface area contributed by atoms with Gasteiger partial charge in [0.25, 0.3) is 0 Å². The van der Waals surface area contributed by atoms with Gasteiger partial charge in [0.05, 0.1) is 0 Å². The Balaban J connectivity index is 2.55. The fourth-order valence-corrected chi connectivity index (χ4v) is 4.74. The number of nitrogens with zero attached hydrogens (tertiary/aromatic N) is 1. The van der Waals surface area contributed by atoms with Gasteiger partial charge in [-0.25, -0.2) is 0 Å². The van der Waals surface area contributed by atoms with Crippen LogP contribution in [0.3, 0.4) is 0 Å². The van der Waals surface area contributed by atoms with Crippen LogP contribution in [0.2, 0.25) is 0 Å². The molecule has 0 bridgehead atoms. The van der Waals surface area contributed by atoms with Crippen molar-refractivity contribution in [2.24, 2.45) is 0 Å². The second-order valence-electron chi connectivity index (χ2n) is 6.33. The molecule has 0 aromatic heterocycles. The Kier molecular flexibility index (Phi) is 4.35. The van der Waals surface area contributed by atoms with Crippen LogP contribution in [-0.4, -0.2) is 24.5 Å². The lowest BCUT2D eigenvalue weighted by Gasteiger charge is -2.51. The zero-order valence-electron chi connectivity index (χ0n) is 13.1. The maximum Gasteiger partial charge on any atom is 0.0297 e. The van der Waals surface area contributed by atoms with Gasteiger partial charge in [-0.05, 0) is 45.3 Å². The molecular weight excluding hydrogens is 230 g/mol. The van der Waals surface area contributed by atoms with E-state index in [0.29, 0.717) is 11.0 Å². The molecule has 1 aromatic rings. The first-order valence-corrected chi connectivity index (χ1v) is 7.86. The molecule has 1 fully saturated rings. The lowest BCUT2D eigenvalue weighted by Crippen LogP contribution is -2.56. The van der Waals surface area contributed by atoms with E-state index in [4.69, 9.17) is 0 Å². The second kappa shape index (κ2) is 5.66. The Morgan fingerprint density at radius 1 is 1.05 bits per heavy atom. The van der Waals surface area contributed by atoms with Crippen LogP contribution in [0.15, 0.2) is 30.3 Å². The molecule has 2 atom stereocenters. The summed E-state index contributed by atoms with van der Waals surface area (Å²) in [5.74, 6) is 0. The molecule has 1 nitrogen and oxygen atoms in total. The van der Waals surface area contributed by atoms with Crippen molar-refractivity contribution in [2.45, 2.75) is 63.3 Å². The molecule has 0 amide bonds. The predicted molar refractivity (Wildman–Crippen MR) is 83.6 cm³/mol. The van der Waals surface area contributed by atoms with E-state index in [1.54, 1.807) is 5.56 Å². The number of hydrogen-bond donors (Lipinski definition) is 0. The van der Waals surface area contributed by atoms with Gasteiger partial charge in [-0.3, -0.25) is 0 Å². The molecule has 1 heteroatoms. The number of hydrogen-bond acceptors (Lipinski definition) is 1. The summed E-state index contributed by atoms with van der Waals surface area (Å²) in [6.45, 7) is 4.71. The first-order valence-electron chi connectivity index (χ1n) is 7.86. The number of likely N-dealkylation sites (N-methyl/N-ethyl adjacent to an activating group) is 1. The Morgan fingerprint density at radius 2 is 1.74 bits per heavy atom. The maximum absolute atomic E-state index is 2.52. The number of benzene rings is 1. The highest BCUT2D eigenvalue weighted by Crippen LogP contribution is 2.55. The molecular formula is C18H29N. The van der Waals surface area contributed by atoms with Crippen LogP contribution in [0.1, 0.15) is 57.9 Å². The highest BCUT2D eigenvalue weighted by atomic mass is 15.2. The fourth-order valence-electron chi connectivity index (χ4n) is 4.74. The zero-order chi connectivity index (χ0) is 13.9. The minimum absolute atomic E-state index is 0.338. The average Bonchev–Trinajstić information content (AvgIpc) is 2.81. The van der Waals surface area contributed by atoms with E-state index in [-0.39, 0.29) is 0 Å². The molecule has 19 heavy (non-hydrogen) atoms. The highest BCUT2D eigenvalue weighted by Gasteiger charge is 2.54. The van der Waals surface area contributed by atoms with Crippen LogP contribution in [0, 0.1) is 0 Å². The van der Waals surface area contributed by atoms with Crippen LogP contribution in [-0.2, 0) is 5.41 Å². The van der Waals surface area contributed by atoms with Crippen molar-refractivity contribution in [3.05, 3.63) is 35.9 Å². The lowest BCUT2D eigenvalue weighted by atomic mass is 9.63. The molecule has 0 N–H and O–H groups in total. The van der Waals surface area contributed by atoms with E-state index < -0.39 is 0 Å². The maximum atomic E-state index is 2.52. The molecule has 2 rings (SSSR count). The third-order valence-corrected chi connectivity index (χ3v) is 5.53. The van der Waals surface area contributed by atoms with Crippen LogP contribution in [0.5, 0.6) is 0 Å². The molecule has 2 unspecified atom stereocenters. The van der Waals surface area contributed by atoms with Crippen molar-refractivity contribution in [1.82, 2.24) is 4.90 Å². The SMILES string of the molecule is CCCC1(c2ccccc2)CCCC1(CC)N(C)C. The monoisotopic (exact) mass is 259 g/mol. The third kappa shape index (κ3) is 2.12. The summed E-state index contributed by atoms with van der Waals surface area (Å²) in [5, 5.41) is 0. The van der Waals surface area contributed by atoms with Gasteiger partial charge in [-0.2, -0.15) is 0 Å². The Bertz CT molecular complexity index is 397. The average molecular weight is 259 g/mol. The van der Waals surface area contributed by atoms with Crippen LogP contribution in [0.4, 0.5) is 0 Å². The molecule has 1 aliphatic rings. The lowest BCUT2D eigenvalue weighted by molar-refractivity contribution is 0.0636. The molecule has 0 heterocycles. The van der Waals surface area contributed by atoms with Gasteiger partial charge in [0.1, 0.15) is 0 Å². The summed E-state index contributed by atoms with van der Waals surface area (Å²) < 4.78 is 0. The smallest absolute Gasteiger partial charge is 0.0297 e. The van der Waals surface area contributed by atoms with E-state index >= 15 is 0 Å². The van der Waals surface area contributed by atoms with Crippen LogP contribution >= 0.6 is 0 Å². The molecule has 1 aromatic carbocycles. The van der Waals surface area contributed by atoms with Crippen molar-refractivity contribution in [1.29, 1.82) is 0 Å². The van der Waals surface area contributed by atoms with E-state index in [9.17, 15) is 0 Å². The van der Waals surface area contributed by atoms with Gasteiger partial charge in [0, 0.05) is 11.0 Å². The van der Waals surface area contributed by atoms with Crippen molar-refractivity contribution in [3.8, 4) is 0 Å². The Hall–Kier alpha value is -0.820. The van der Waals surface area contributed by atoms with Gasteiger partial charge in [0.15, 0.2) is 0 Å². The van der Waals surface area contributed by atoms with Crippen molar-refractivity contribution >= 4 is 0 Å². The molecule has 0 radical (unpaired) electrons. The van der Waals surface area contributed by atoms with E-state index in [1.165, 1.54) is 38.5 Å². The standard InChI is InChI=1S/C18H29N/c1-5-13-17(16-11-8-7-9-12-16)14-10-15-18(17,6-2)19(3)4/h7-9,11-12H,5-6,10,13-15H2,1-4H3. The summed E-state index contributed by atoms with van der Waals surface area (Å²) in [5.41, 5.74) is 2.25. The summed E-state index contributed by atoms with van der Waals surface area (Å²) in [6.07, 6.45) is 7.87. The normalized spacial score (nSPS) is 31.0. The van der Waals surface area contributed by atoms with Crippen LogP contribution in [0.25, 0.3) is 0 Å². The largest absolute Gasteiger partial charge is 0.303 e. The summed E-state index contributed by atoms with van der Waals surface area (Å²) >= 11 is 0. The molecule has 0 spiro atoms. The first kappa shape index (κ1) is 14.6. The van der Waals surface area contributed by atoms with Gasteiger partial charge in [0.2, 0.25) is 0 Å². The van der Waals surface area contributed by atoms with Gasteiger partial charge in [-0.15, -0.1) is 0 Å². The second-order valence-corrected chi connectivity index (χ2v) is 6.33. The van der Waals surface area contributed by atoms with E-state index in [2.05, 4.69) is 63.2 Å². The predicted octanol–water partition coefficient (Wildman–Crippen LogP) is 4.62. The highest BCUT2D eigenvalue weighted by molar-refractivity contribution is 5.33.